The average molecular weight is 326 g/mol. The highest BCUT2D eigenvalue weighted by molar-refractivity contribution is 6.62. The fourth-order valence-electron chi connectivity index (χ4n) is 4.18. The van der Waals surface area contributed by atoms with E-state index < -0.39 is 20.7 Å². The highest BCUT2D eigenvalue weighted by Crippen LogP contribution is 2.60. The second kappa shape index (κ2) is 5.88. The molecule has 7 heteroatoms. The van der Waals surface area contributed by atoms with E-state index in [0.717, 1.165) is 12.8 Å². The van der Waals surface area contributed by atoms with E-state index in [1.54, 1.807) is 0 Å². The van der Waals surface area contributed by atoms with Crippen molar-refractivity contribution in [3.63, 3.8) is 0 Å². The summed E-state index contributed by atoms with van der Waals surface area (Å²) in [6.07, 6.45) is 1.58. The number of rotatable bonds is 7. The molecule has 0 aromatic heterocycles. The van der Waals surface area contributed by atoms with Gasteiger partial charge in [0, 0.05) is 25.4 Å². The van der Waals surface area contributed by atoms with Gasteiger partial charge in [0.1, 0.15) is 0 Å². The number of carbonyl (C=O) groups excluding carboxylic acids is 2. The zero-order valence-corrected chi connectivity index (χ0v) is 14.2. The molecular weight excluding hydrogens is 304 g/mol. The second-order valence-corrected chi connectivity index (χ2v) is 8.60. The number of cyclic esters (lactones) is 2. The number of esters is 2. The number of carbonyl (C=O) groups is 2. The molecule has 0 radical (unpaired) electrons. The van der Waals surface area contributed by atoms with Crippen LogP contribution in [-0.2, 0) is 27.6 Å². The monoisotopic (exact) mass is 326 g/mol. The Kier molecular flexibility index (Phi) is 4.24. The minimum Gasteiger partial charge on any atom is -0.386 e. The molecule has 0 aromatic rings. The van der Waals surface area contributed by atoms with Crippen LogP contribution in [0.4, 0.5) is 0 Å². The summed E-state index contributed by atoms with van der Waals surface area (Å²) >= 11 is 0. The van der Waals surface area contributed by atoms with Crippen molar-refractivity contribution in [2.45, 2.75) is 39.2 Å². The molecule has 3 unspecified atom stereocenters. The molecule has 1 heterocycles. The Labute approximate surface area is 131 Å². The van der Waals surface area contributed by atoms with Crippen LogP contribution in [0.25, 0.3) is 0 Å². The first-order chi connectivity index (χ1) is 10.6. The predicted octanol–water partition coefficient (Wildman–Crippen LogP) is 1.82. The molecule has 1 aliphatic heterocycles. The van der Waals surface area contributed by atoms with Crippen molar-refractivity contribution in [3.8, 4) is 0 Å². The molecular formula is C15H22O6Si. The van der Waals surface area contributed by atoms with Crippen molar-refractivity contribution in [1.29, 1.82) is 0 Å². The number of ether oxygens (including phenoxy) is 1. The van der Waals surface area contributed by atoms with E-state index in [-0.39, 0.29) is 17.4 Å². The van der Waals surface area contributed by atoms with E-state index in [9.17, 15) is 9.59 Å². The zero-order chi connectivity index (χ0) is 15.9. The van der Waals surface area contributed by atoms with Gasteiger partial charge in [-0.3, -0.25) is 0 Å². The summed E-state index contributed by atoms with van der Waals surface area (Å²) in [5, 5.41) is 0. The Balaban J connectivity index is 1.93. The second-order valence-electron chi connectivity index (χ2n) is 5.79. The van der Waals surface area contributed by atoms with E-state index in [0.29, 0.717) is 31.0 Å². The summed E-state index contributed by atoms with van der Waals surface area (Å²) in [5.41, 5.74) is 1.19. The molecule has 0 amide bonds. The first-order valence-corrected chi connectivity index (χ1v) is 9.80. The predicted molar refractivity (Wildman–Crippen MR) is 78.7 cm³/mol. The van der Waals surface area contributed by atoms with Crippen LogP contribution in [0.1, 0.15) is 33.6 Å². The SMILES string of the molecule is CCO[Si](OCC)(OCC)C1CC2CC1C1=C2C(=O)OC1=O. The highest BCUT2D eigenvalue weighted by atomic mass is 28.4. The average Bonchev–Trinajstić information content (AvgIpc) is 3.12. The molecule has 22 heavy (non-hydrogen) atoms. The van der Waals surface area contributed by atoms with Crippen molar-refractivity contribution in [3.05, 3.63) is 11.1 Å². The van der Waals surface area contributed by atoms with Gasteiger partial charge in [0.2, 0.25) is 0 Å². The van der Waals surface area contributed by atoms with Crippen LogP contribution < -0.4 is 0 Å². The third-order valence-electron chi connectivity index (χ3n) is 4.75. The van der Waals surface area contributed by atoms with E-state index in [4.69, 9.17) is 18.0 Å². The molecule has 0 spiro atoms. The van der Waals surface area contributed by atoms with Gasteiger partial charge < -0.3 is 18.0 Å². The zero-order valence-electron chi connectivity index (χ0n) is 13.2. The molecule has 3 rings (SSSR count). The van der Waals surface area contributed by atoms with Crippen LogP contribution in [0.2, 0.25) is 5.54 Å². The quantitative estimate of drug-likeness (QED) is 0.404. The lowest BCUT2D eigenvalue weighted by Crippen LogP contribution is -2.52. The molecule has 1 fully saturated rings. The fourth-order valence-corrected chi connectivity index (χ4v) is 7.65. The fraction of sp³-hybridized carbons (Fsp3) is 0.733. The van der Waals surface area contributed by atoms with Crippen LogP contribution >= 0.6 is 0 Å². The summed E-state index contributed by atoms with van der Waals surface area (Å²) in [4.78, 5) is 23.8. The summed E-state index contributed by atoms with van der Waals surface area (Å²) in [6, 6.07) is 0. The van der Waals surface area contributed by atoms with Crippen molar-refractivity contribution < 1.29 is 27.6 Å². The van der Waals surface area contributed by atoms with Crippen molar-refractivity contribution in [2.24, 2.45) is 11.8 Å². The van der Waals surface area contributed by atoms with Crippen molar-refractivity contribution in [1.82, 2.24) is 0 Å². The van der Waals surface area contributed by atoms with Gasteiger partial charge in [-0.25, -0.2) is 9.59 Å². The first-order valence-electron chi connectivity index (χ1n) is 8.00. The number of hydrogen-bond donors (Lipinski definition) is 0. The maximum atomic E-state index is 12.0. The van der Waals surface area contributed by atoms with Crippen LogP contribution in [0.15, 0.2) is 11.1 Å². The third-order valence-corrected chi connectivity index (χ3v) is 8.37. The molecule has 6 nitrogen and oxygen atoms in total. The number of hydrogen-bond acceptors (Lipinski definition) is 6. The largest absolute Gasteiger partial charge is 0.504 e. The van der Waals surface area contributed by atoms with Gasteiger partial charge in [-0.1, -0.05) is 0 Å². The van der Waals surface area contributed by atoms with E-state index in [2.05, 4.69) is 0 Å². The molecule has 122 valence electrons. The van der Waals surface area contributed by atoms with Gasteiger partial charge in [0.05, 0.1) is 11.1 Å². The van der Waals surface area contributed by atoms with Gasteiger partial charge in [-0.05, 0) is 45.4 Å². The highest BCUT2D eigenvalue weighted by Gasteiger charge is 2.64. The van der Waals surface area contributed by atoms with E-state index >= 15 is 0 Å². The maximum Gasteiger partial charge on any atom is 0.504 e. The van der Waals surface area contributed by atoms with Crippen molar-refractivity contribution in [2.75, 3.05) is 19.8 Å². The Morgan fingerprint density at radius 3 is 2.05 bits per heavy atom. The molecule has 2 aliphatic carbocycles. The van der Waals surface area contributed by atoms with Gasteiger partial charge in [0.15, 0.2) is 0 Å². The molecule has 2 bridgehead atoms. The van der Waals surface area contributed by atoms with Crippen molar-refractivity contribution >= 4 is 20.7 Å². The lowest BCUT2D eigenvalue weighted by Gasteiger charge is -2.37. The lowest BCUT2D eigenvalue weighted by molar-refractivity contribution is -0.151. The van der Waals surface area contributed by atoms with Crippen LogP contribution in [0.5, 0.6) is 0 Å². The Morgan fingerprint density at radius 2 is 1.50 bits per heavy atom. The van der Waals surface area contributed by atoms with Crippen LogP contribution in [0, 0.1) is 11.8 Å². The standard InChI is InChI=1S/C15H22O6Si/c1-4-18-22(19-5-2,20-6-3)11-8-9-7-10(11)13-12(9)14(16)21-15(13)17/h9-11H,4-8H2,1-3H3. The first kappa shape index (κ1) is 15.9. The topological polar surface area (TPSA) is 71.1 Å². The van der Waals surface area contributed by atoms with E-state index in [1.165, 1.54) is 0 Å². The van der Waals surface area contributed by atoms with Gasteiger partial charge in [0.25, 0.3) is 0 Å². The minimum absolute atomic E-state index is 0.0322. The van der Waals surface area contributed by atoms with Crippen LogP contribution in [0.3, 0.4) is 0 Å². The molecule has 3 atom stereocenters. The summed E-state index contributed by atoms with van der Waals surface area (Å²) < 4.78 is 22.8. The Bertz CT molecular complexity index is 511. The van der Waals surface area contributed by atoms with Crippen LogP contribution in [-0.4, -0.2) is 40.6 Å². The summed E-state index contributed by atoms with van der Waals surface area (Å²) in [6.45, 7) is 7.29. The normalized spacial score (nSPS) is 30.2. The number of fused-ring (bicyclic) bond motifs is 4. The van der Waals surface area contributed by atoms with E-state index in [1.807, 2.05) is 20.8 Å². The summed E-state index contributed by atoms with van der Waals surface area (Å²) in [7, 11) is -2.88. The molecule has 0 aromatic carbocycles. The third kappa shape index (κ3) is 2.19. The molecule has 0 saturated heterocycles. The molecule has 0 N–H and O–H groups in total. The summed E-state index contributed by atoms with van der Waals surface area (Å²) in [5.74, 6) is -0.889. The minimum atomic E-state index is -2.88. The maximum absolute atomic E-state index is 12.0. The van der Waals surface area contributed by atoms with Gasteiger partial charge in [-0.2, -0.15) is 0 Å². The molecule has 1 saturated carbocycles. The molecule has 3 aliphatic rings. The smallest absolute Gasteiger partial charge is 0.386 e. The Morgan fingerprint density at radius 1 is 0.955 bits per heavy atom. The Hall–Kier alpha value is -1.02. The van der Waals surface area contributed by atoms with Gasteiger partial charge >= 0.3 is 20.7 Å². The lowest BCUT2D eigenvalue weighted by atomic mass is 9.93. The van der Waals surface area contributed by atoms with Gasteiger partial charge in [-0.15, -0.1) is 0 Å².